The van der Waals surface area contributed by atoms with E-state index in [0.717, 1.165) is 0 Å². The van der Waals surface area contributed by atoms with E-state index in [1.165, 1.54) is 26.0 Å². The van der Waals surface area contributed by atoms with Crippen molar-refractivity contribution in [1.82, 2.24) is 0 Å². The van der Waals surface area contributed by atoms with Gasteiger partial charge in [0, 0.05) is 0 Å². The predicted molar refractivity (Wildman–Crippen MR) is 54.4 cm³/mol. The summed E-state index contributed by atoms with van der Waals surface area (Å²) >= 11 is 0. The lowest BCUT2D eigenvalue weighted by Gasteiger charge is -2.14. The van der Waals surface area contributed by atoms with Gasteiger partial charge in [0.15, 0.2) is 6.61 Å². The first-order chi connectivity index (χ1) is 7.70. The Morgan fingerprint density at radius 3 is 2.12 bits per heavy atom. The van der Waals surface area contributed by atoms with Gasteiger partial charge in [-0.15, -0.1) is 0 Å². The second-order valence-corrected chi connectivity index (χ2v) is 3.65. The second kappa shape index (κ2) is 4.65. The summed E-state index contributed by atoms with van der Waals surface area (Å²) in [5.74, 6) is -1.05. The molecule has 0 bridgehead atoms. The number of aryl methyl sites for hydroxylation is 2. The first-order valence-corrected chi connectivity index (χ1v) is 4.75. The molecule has 6 heteroatoms. The quantitative estimate of drug-likeness (QED) is 0.894. The van der Waals surface area contributed by atoms with E-state index < -0.39 is 18.8 Å². The van der Waals surface area contributed by atoms with Crippen molar-refractivity contribution in [3.8, 4) is 5.75 Å². The van der Waals surface area contributed by atoms with E-state index in [4.69, 9.17) is 5.11 Å². The van der Waals surface area contributed by atoms with Crippen molar-refractivity contribution in [1.29, 1.82) is 0 Å². The average molecular weight is 248 g/mol. The Morgan fingerprint density at radius 2 is 1.76 bits per heavy atom. The van der Waals surface area contributed by atoms with Crippen LogP contribution in [-0.4, -0.2) is 23.9 Å². The van der Waals surface area contributed by atoms with Crippen LogP contribution in [0.15, 0.2) is 12.1 Å². The van der Waals surface area contributed by atoms with Crippen molar-refractivity contribution >= 4 is 5.97 Å². The molecule has 1 aromatic rings. The van der Waals surface area contributed by atoms with Gasteiger partial charge in [-0.25, -0.2) is 4.79 Å². The highest BCUT2D eigenvalue weighted by Gasteiger charge is 2.29. The summed E-state index contributed by atoms with van der Waals surface area (Å²) in [6, 6.07) is 2.56. The summed E-state index contributed by atoms with van der Waals surface area (Å²) in [5.41, 5.74) is 0.762. The fraction of sp³-hybridized carbons (Fsp3) is 0.364. The highest BCUT2D eigenvalue weighted by molar-refractivity contribution is 5.88. The van der Waals surface area contributed by atoms with Crippen molar-refractivity contribution in [3.05, 3.63) is 28.8 Å². The minimum atomic E-state index is -4.41. The summed E-state index contributed by atoms with van der Waals surface area (Å²) in [6.45, 7) is 1.62. The molecular formula is C11H11F3O3. The van der Waals surface area contributed by atoms with Crippen LogP contribution in [-0.2, 0) is 0 Å². The van der Waals surface area contributed by atoms with Crippen molar-refractivity contribution in [2.24, 2.45) is 0 Å². The van der Waals surface area contributed by atoms with E-state index >= 15 is 0 Å². The number of carbonyl (C=O) groups is 1. The molecule has 1 rings (SSSR count). The number of ether oxygens (including phenoxy) is 1. The first-order valence-electron chi connectivity index (χ1n) is 4.75. The van der Waals surface area contributed by atoms with E-state index in [0.29, 0.717) is 11.1 Å². The lowest BCUT2D eigenvalue weighted by Crippen LogP contribution is -2.20. The Kier molecular flexibility index (Phi) is 3.65. The average Bonchev–Trinajstić information content (AvgIpc) is 2.14. The van der Waals surface area contributed by atoms with Crippen LogP contribution in [0.2, 0.25) is 0 Å². The van der Waals surface area contributed by atoms with E-state index in [1.807, 2.05) is 0 Å². The Morgan fingerprint density at radius 1 is 1.29 bits per heavy atom. The molecule has 0 aromatic heterocycles. The lowest BCUT2D eigenvalue weighted by atomic mass is 10.1. The Hall–Kier alpha value is -1.72. The number of carboxylic acids is 1. The molecule has 1 N–H and O–H groups in total. The van der Waals surface area contributed by atoms with Crippen molar-refractivity contribution in [2.45, 2.75) is 20.0 Å². The molecule has 0 aliphatic rings. The molecule has 0 heterocycles. The monoisotopic (exact) mass is 248 g/mol. The summed E-state index contributed by atoms with van der Waals surface area (Å²) in [5, 5.41) is 8.76. The van der Waals surface area contributed by atoms with Gasteiger partial charge < -0.3 is 9.84 Å². The first kappa shape index (κ1) is 13.3. The van der Waals surface area contributed by atoms with Crippen LogP contribution in [0.4, 0.5) is 13.2 Å². The van der Waals surface area contributed by atoms with Crippen LogP contribution >= 0.6 is 0 Å². The second-order valence-electron chi connectivity index (χ2n) is 3.65. The van der Waals surface area contributed by atoms with Crippen molar-refractivity contribution < 1.29 is 27.8 Å². The topological polar surface area (TPSA) is 46.5 Å². The van der Waals surface area contributed by atoms with Gasteiger partial charge in [0.2, 0.25) is 0 Å². The van der Waals surface area contributed by atoms with E-state index in [2.05, 4.69) is 4.74 Å². The van der Waals surface area contributed by atoms with Crippen LogP contribution in [0.1, 0.15) is 21.5 Å². The standard InChI is InChI=1S/C11H11F3O3/c1-6-3-8(10(15)16)4-7(2)9(6)17-5-11(12,13)14/h3-4H,5H2,1-2H3,(H,15,16). The van der Waals surface area contributed by atoms with Gasteiger partial charge in [-0.2, -0.15) is 13.2 Å². The molecule has 17 heavy (non-hydrogen) atoms. The minimum absolute atomic E-state index is 0.0272. The maximum atomic E-state index is 12.0. The van der Waals surface area contributed by atoms with E-state index in [1.54, 1.807) is 0 Å². The highest BCUT2D eigenvalue weighted by atomic mass is 19.4. The summed E-state index contributed by atoms with van der Waals surface area (Å²) < 4.78 is 40.6. The Bertz CT molecular complexity index is 415. The predicted octanol–water partition coefficient (Wildman–Crippen LogP) is 2.94. The molecule has 0 fully saturated rings. The smallest absolute Gasteiger partial charge is 0.422 e. The van der Waals surface area contributed by atoms with Crippen LogP contribution in [0.3, 0.4) is 0 Å². The fourth-order valence-corrected chi connectivity index (χ4v) is 1.46. The zero-order chi connectivity index (χ0) is 13.2. The maximum Gasteiger partial charge on any atom is 0.422 e. The summed E-state index contributed by atoms with van der Waals surface area (Å²) in [6.07, 6.45) is -4.41. The van der Waals surface area contributed by atoms with Crippen LogP contribution in [0.5, 0.6) is 5.75 Å². The number of rotatable bonds is 3. The normalized spacial score (nSPS) is 11.4. The molecule has 0 aliphatic carbocycles. The Labute approximate surface area is 95.8 Å². The van der Waals surface area contributed by atoms with Crippen LogP contribution in [0, 0.1) is 13.8 Å². The van der Waals surface area contributed by atoms with Gasteiger partial charge in [0.05, 0.1) is 5.56 Å². The third-order valence-corrected chi connectivity index (χ3v) is 2.09. The SMILES string of the molecule is Cc1cc(C(=O)O)cc(C)c1OCC(F)(F)F. The third-order valence-electron chi connectivity index (χ3n) is 2.09. The molecule has 0 amide bonds. The molecule has 0 saturated carbocycles. The summed E-state index contributed by atoms with van der Waals surface area (Å²) in [4.78, 5) is 10.7. The van der Waals surface area contributed by atoms with Gasteiger partial charge in [0.1, 0.15) is 5.75 Å². The highest BCUT2D eigenvalue weighted by Crippen LogP contribution is 2.27. The number of aromatic carboxylic acids is 1. The van der Waals surface area contributed by atoms with Gasteiger partial charge in [-0.05, 0) is 37.1 Å². The molecular weight excluding hydrogens is 237 g/mol. The molecule has 0 radical (unpaired) electrons. The number of carboxylic acid groups (broad SMARTS) is 1. The number of hydrogen-bond donors (Lipinski definition) is 1. The summed E-state index contributed by atoms with van der Waals surface area (Å²) in [7, 11) is 0. The zero-order valence-electron chi connectivity index (χ0n) is 9.26. The molecule has 0 atom stereocenters. The number of halogens is 3. The van der Waals surface area contributed by atoms with Gasteiger partial charge in [0.25, 0.3) is 0 Å². The van der Waals surface area contributed by atoms with E-state index in [-0.39, 0.29) is 11.3 Å². The number of hydrogen-bond acceptors (Lipinski definition) is 2. The van der Waals surface area contributed by atoms with E-state index in [9.17, 15) is 18.0 Å². The molecule has 1 aromatic carbocycles. The van der Waals surface area contributed by atoms with Gasteiger partial charge in [-0.1, -0.05) is 0 Å². The molecule has 3 nitrogen and oxygen atoms in total. The molecule has 94 valence electrons. The lowest BCUT2D eigenvalue weighted by molar-refractivity contribution is -0.153. The van der Waals surface area contributed by atoms with Gasteiger partial charge in [-0.3, -0.25) is 0 Å². The largest absolute Gasteiger partial charge is 0.484 e. The Balaban J connectivity index is 2.98. The van der Waals surface area contributed by atoms with Crippen LogP contribution in [0.25, 0.3) is 0 Å². The molecule has 0 spiro atoms. The van der Waals surface area contributed by atoms with Crippen molar-refractivity contribution in [3.63, 3.8) is 0 Å². The zero-order valence-corrected chi connectivity index (χ0v) is 9.26. The third kappa shape index (κ3) is 3.65. The van der Waals surface area contributed by atoms with Gasteiger partial charge >= 0.3 is 12.1 Å². The maximum absolute atomic E-state index is 12.0. The molecule has 0 saturated heterocycles. The molecule has 0 unspecified atom stereocenters. The molecule has 0 aliphatic heterocycles. The van der Waals surface area contributed by atoms with Crippen molar-refractivity contribution in [2.75, 3.05) is 6.61 Å². The number of benzene rings is 1. The minimum Gasteiger partial charge on any atom is -0.484 e. The fourth-order valence-electron chi connectivity index (χ4n) is 1.46. The van der Waals surface area contributed by atoms with Crippen LogP contribution < -0.4 is 4.74 Å². The number of alkyl halides is 3.